The van der Waals surface area contributed by atoms with E-state index < -0.39 is 6.03 Å². The van der Waals surface area contributed by atoms with E-state index in [1.807, 2.05) is 30.5 Å². The lowest BCUT2D eigenvalue weighted by molar-refractivity contribution is 0.249. The Hall–Kier alpha value is -1.49. The molecule has 0 aromatic heterocycles. The summed E-state index contributed by atoms with van der Waals surface area (Å²) in [6.07, 6.45) is 3.54. The van der Waals surface area contributed by atoms with Crippen LogP contribution in [0.5, 0.6) is 0 Å². The fraction of sp³-hybridized carbons (Fsp3) is 0.111. The van der Waals surface area contributed by atoms with Gasteiger partial charge in [-0.15, -0.1) is 11.8 Å². The zero-order valence-electron chi connectivity index (χ0n) is 7.73. The zero-order valence-corrected chi connectivity index (χ0v) is 8.54. The predicted molar refractivity (Wildman–Crippen MR) is 58.5 cm³/mol. The molecule has 0 aliphatic heterocycles. The lowest BCUT2D eigenvalue weighted by Gasteiger charge is -1.97. The lowest BCUT2D eigenvalue weighted by atomic mass is 10.2. The molecule has 0 fully saturated rings. The van der Waals surface area contributed by atoms with Crippen molar-refractivity contribution in [1.29, 1.82) is 0 Å². The molecule has 0 saturated carbocycles. The van der Waals surface area contributed by atoms with E-state index in [1.54, 1.807) is 18.0 Å². The number of urea groups is 1. The molecule has 3 N–H and O–H groups in total. The number of hydrazone groups is 1. The van der Waals surface area contributed by atoms with Gasteiger partial charge in [0.05, 0.1) is 6.21 Å². The maximum atomic E-state index is 10.3. The molecule has 2 amide bonds. The van der Waals surface area contributed by atoms with Gasteiger partial charge >= 0.3 is 6.03 Å². The third-order valence-corrected chi connectivity index (χ3v) is 2.21. The minimum atomic E-state index is -0.665. The first kappa shape index (κ1) is 10.6. The highest BCUT2D eigenvalue weighted by atomic mass is 32.2. The van der Waals surface area contributed by atoms with Crippen LogP contribution >= 0.6 is 11.8 Å². The van der Waals surface area contributed by atoms with Crippen molar-refractivity contribution in [3.63, 3.8) is 0 Å². The molecule has 1 aromatic rings. The molecular formula is C9H11N3OS. The van der Waals surface area contributed by atoms with Gasteiger partial charge in [0.1, 0.15) is 0 Å². The van der Waals surface area contributed by atoms with Crippen molar-refractivity contribution in [2.75, 3.05) is 6.26 Å². The fourth-order valence-electron chi connectivity index (χ4n) is 0.892. The summed E-state index contributed by atoms with van der Waals surface area (Å²) in [7, 11) is 0. The normalized spacial score (nSPS) is 10.4. The minimum absolute atomic E-state index is 0.665. The monoisotopic (exact) mass is 209 g/mol. The van der Waals surface area contributed by atoms with Crippen molar-refractivity contribution in [3.05, 3.63) is 29.8 Å². The summed E-state index contributed by atoms with van der Waals surface area (Å²) >= 11 is 1.65. The van der Waals surface area contributed by atoms with Gasteiger partial charge < -0.3 is 5.73 Å². The Labute approximate surface area is 86.6 Å². The van der Waals surface area contributed by atoms with E-state index in [0.29, 0.717) is 0 Å². The first-order chi connectivity index (χ1) is 6.72. The van der Waals surface area contributed by atoms with E-state index in [0.717, 1.165) is 10.5 Å². The van der Waals surface area contributed by atoms with Gasteiger partial charge in [0.2, 0.25) is 0 Å². The number of amides is 2. The number of hydrogen-bond acceptors (Lipinski definition) is 3. The van der Waals surface area contributed by atoms with Crippen LogP contribution in [0.15, 0.2) is 34.3 Å². The van der Waals surface area contributed by atoms with E-state index in [2.05, 4.69) is 10.5 Å². The van der Waals surface area contributed by atoms with E-state index in [-0.39, 0.29) is 0 Å². The first-order valence-corrected chi connectivity index (χ1v) is 5.17. The smallest absolute Gasteiger partial charge is 0.332 e. The van der Waals surface area contributed by atoms with Gasteiger partial charge in [-0.1, -0.05) is 12.1 Å². The van der Waals surface area contributed by atoms with E-state index in [1.165, 1.54) is 0 Å². The van der Waals surface area contributed by atoms with Crippen LogP contribution < -0.4 is 11.2 Å². The summed E-state index contributed by atoms with van der Waals surface area (Å²) in [6.45, 7) is 0. The van der Waals surface area contributed by atoms with Crippen LogP contribution in [0.25, 0.3) is 0 Å². The number of nitrogens with one attached hydrogen (secondary N) is 1. The number of primary amides is 1. The fourth-order valence-corrected chi connectivity index (χ4v) is 1.36. The summed E-state index contributed by atoms with van der Waals surface area (Å²) in [5.74, 6) is 0. The summed E-state index contributed by atoms with van der Waals surface area (Å²) in [5.41, 5.74) is 7.90. The molecule has 0 bridgehead atoms. The van der Waals surface area contributed by atoms with Crippen LogP contribution in [0.1, 0.15) is 5.56 Å². The summed E-state index contributed by atoms with van der Waals surface area (Å²) in [4.78, 5) is 11.5. The van der Waals surface area contributed by atoms with Crippen LogP contribution in [0.3, 0.4) is 0 Å². The van der Waals surface area contributed by atoms with Crippen LogP contribution in [-0.4, -0.2) is 18.5 Å². The van der Waals surface area contributed by atoms with Crippen molar-refractivity contribution in [1.82, 2.24) is 5.43 Å². The largest absolute Gasteiger partial charge is 0.350 e. The van der Waals surface area contributed by atoms with E-state index in [9.17, 15) is 4.79 Å². The number of nitrogens with zero attached hydrogens (tertiary/aromatic N) is 1. The zero-order chi connectivity index (χ0) is 10.4. The molecule has 0 saturated heterocycles. The summed E-state index contributed by atoms with van der Waals surface area (Å²) < 4.78 is 0. The topological polar surface area (TPSA) is 67.5 Å². The Kier molecular flexibility index (Phi) is 4.00. The lowest BCUT2D eigenvalue weighted by Crippen LogP contribution is -2.24. The first-order valence-electron chi connectivity index (χ1n) is 3.95. The number of benzene rings is 1. The Balaban J connectivity index is 2.66. The van der Waals surface area contributed by atoms with Crippen molar-refractivity contribution in [2.24, 2.45) is 10.8 Å². The van der Waals surface area contributed by atoms with Crippen molar-refractivity contribution in [3.8, 4) is 0 Å². The second kappa shape index (κ2) is 5.29. The molecule has 0 heterocycles. The number of hydrogen-bond donors (Lipinski definition) is 2. The number of carbonyl (C=O) groups excluding carboxylic acids is 1. The Morgan fingerprint density at radius 2 is 2.43 bits per heavy atom. The molecule has 4 nitrogen and oxygen atoms in total. The van der Waals surface area contributed by atoms with E-state index in [4.69, 9.17) is 5.73 Å². The Morgan fingerprint density at radius 3 is 3.07 bits per heavy atom. The minimum Gasteiger partial charge on any atom is -0.350 e. The summed E-state index contributed by atoms with van der Waals surface area (Å²) in [6, 6.07) is 7.13. The second-order valence-electron chi connectivity index (χ2n) is 2.51. The molecule has 0 atom stereocenters. The molecule has 5 heteroatoms. The predicted octanol–water partition coefficient (Wildman–Crippen LogP) is 1.41. The Bertz CT molecular complexity index is 352. The van der Waals surface area contributed by atoms with Crippen molar-refractivity contribution < 1.29 is 4.79 Å². The van der Waals surface area contributed by atoms with Crippen LogP contribution in [-0.2, 0) is 0 Å². The molecule has 1 aromatic carbocycles. The van der Waals surface area contributed by atoms with Gasteiger partial charge in [-0.05, 0) is 24.0 Å². The van der Waals surface area contributed by atoms with E-state index >= 15 is 0 Å². The van der Waals surface area contributed by atoms with Gasteiger partial charge in [0.15, 0.2) is 0 Å². The molecule has 0 aliphatic rings. The maximum Gasteiger partial charge on any atom is 0.332 e. The molecule has 0 aliphatic carbocycles. The quantitative estimate of drug-likeness (QED) is 0.449. The highest BCUT2D eigenvalue weighted by Gasteiger charge is 1.91. The van der Waals surface area contributed by atoms with Gasteiger partial charge in [-0.25, -0.2) is 10.2 Å². The van der Waals surface area contributed by atoms with Gasteiger partial charge in [-0.3, -0.25) is 0 Å². The summed E-state index contributed by atoms with van der Waals surface area (Å²) in [5, 5.41) is 3.66. The van der Waals surface area contributed by atoms with Crippen molar-refractivity contribution in [2.45, 2.75) is 4.90 Å². The highest BCUT2D eigenvalue weighted by Crippen LogP contribution is 2.14. The van der Waals surface area contributed by atoms with Gasteiger partial charge in [-0.2, -0.15) is 5.10 Å². The molecule has 14 heavy (non-hydrogen) atoms. The van der Waals surface area contributed by atoms with Crippen LogP contribution in [0.2, 0.25) is 0 Å². The third-order valence-electron chi connectivity index (χ3n) is 1.48. The van der Waals surface area contributed by atoms with Crippen LogP contribution in [0.4, 0.5) is 4.79 Å². The molecule has 0 spiro atoms. The number of thioether (sulfide) groups is 1. The van der Waals surface area contributed by atoms with Gasteiger partial charge in [0, 0.05) is 4.90 Å². The molecular weight excluding hydrogens is 198 g/mol. The molecule has 0 radical (unpaired) electrons. The van der Waals surface area contributed by atoms with Crippen LogP contribution in [0, 0.1) is 0 Å². The molecule has 74 valence electrons. The van der Waals surface area contributed by atoms with Crippen molar-refractivity contribution >= 4 is 24.0 Å². The number of carbonyl (C=O) groups is 1. The highest BCUT2D eigenvalue weighted by molar-refractivity contribution is 7.98. The second-order valence-corrected chi connectivity index (χ2v) is 3.39. The third kappa shape index (κ3) is 3.49. The molecule has 1 rings (SSSR count). The number of rotatable bonds is 3. The average Bonchev–Trinajstić information content (AvgIpc) is 2.18. The maximum absolute atomic E-state index is 10.3. The Morgan fingerprint density at radius 1 is 1.64 bits per heavy atom. The average molecular weight is 209 g/mol. The number of nitrogens with two attached hydrogens (primary N) is 1. The van der Waals surface area contributed by atoms with Gasteiger partial charge in [0.25, 0.3) is 0 Å². The molecule has 0 unspecified atom stereocenters. The SMILES string of the molecule is CSc1cccc(/C=N/NC(N)=O)c1. The standard InChI is InChI=1S/C9H11N3OS/c1-14-8-4-2-3-7(5-8)6-11-12-9(10)13/h2-6H,1H3,(H3,10,12,13)/b11-6+.